The lowest BCUT2D eigenvalue weighted by atomic mass is 10.1. The summed E-state index contributed by atoms with van der Waals surface area (Å²) in [6, 6.07) is 4.75. The van der Waals surface area contributed by atoms with Crippen LogP contribution in [0.5, 0.6) is 0 Å². The van der Waals surface area contributed by atoms with E-state index >= 15 is 0 Å². The quantitative estimate of drug-likeness (QED) is 0.589. The van der Waals surface area contributed by atoms with Gasteiger partial charge in [-0.2, -0.15) is 4.98 Å². The summed E-state index contributed by atoms with van der Waals surface area (Å²) in [4.78, 5) is 15.8. The van der Waals surface area contributed by atoms with Crippen LogP contribution in [0, 0.1) is 0 Å². The number of Topliss-reactive ketones (excluding diaryl/α,β-unsaturated/α-hetero) is 1. The molecule has 0 amide bonds. The van der Waals surface area contributed by atoms with E-state index in [2.05, 4.69) is 15.2 Å². The highest BCUT2D eigenvalue weighted by molar-refractivity contribution is 7.99. The summed E-state index contributed by atoms with van der Waals surface area (Å²) in [5.74, 6) is 0.276. The molecule has 0 atom stereocenters. The molecule has 3 N–H and O–H groups in total. The van der Waals surface area contributed by atoms with E-state index in [1.807, 2.05) is 0 Å². The minimum absolute atomic E-state index is 0. The Kier molecular flexibility index (Phi) is 5.93. The highest BCUT2D eigenvalue weighted by Gasteiger charge is 2.12. The van der Waals surface area contributed by atoms with Crippen LogP contribution in [0.4, 0.5) is 5.95 Å². The van der Waals surface area contributed by atoms with Crippen molar-refractivity contribution in [2.24, 2.45) is 0 Å². The minimum atomic E-state index is -0.120. The SMILES string of the molecule is Nc1nc(SCC(=O)c2ccc(Cl)cc2Cl)n[nH]1.[Cl-]. The van der Waals surface area contributed by atoms with Gasteiger partial charge in [-0.1, -0.05) is 35.0 Å². The van der Waals surface area contributed by atoms with Gasteiger partial charge in [0.25, 0.3) is 0 Å². The number of rotatable bonds is 4. The number of carbonyl (C=O) groups is 1. The molecule has 0 unspecified atom stereocenters. The normalized spacial score (nSPS) is 10.0. The first-order valence-electron chi connectivity index (χ1n) is 4.85. The number of carbonyl (C=O) groups excluding carboxylic acids is 1. The average molecular weight is 339 g/mol. The third kappa shape index (κ3) is 4.28. The van der Waals surface area contributed by atoms with Crippen molar-refractivity contribution in [3.05, 3.63) is 33.8 Å². The zero-order valence-corrected chi connectivity index (χ0v) is 12.4. The highest BCUT2D eigenvalue weighted by Crippen LogP contribution is 2.23. The van der Waals surface area contributed by atoms with E-state index in [-0.39, 0.29) is 29.9 Å². The van der Waals surface area contributed by atoms with Crippen molar-refractivity contribution in [1.82, 2.24) is 15.2 Å². The predicted molar refractivity (Wildman–Crippen MR) is 72.3 cm³/mol. The summed E-state index contributed by atoms with van der Waals surface area (Å²) >= 11 is 12.9. The van der Waals surface area contributed by atoms with E-state index in [1.165, 1.54) is 17.8 Å². The summed E-state index contributed by atoms with van der Waals surface area (Å²) < 4.78 is 0. The van der Waals surface area contributed by atoms with Crippen molar-refractivity contribution in [3.63, 3.8) is 0 Å². The highest BCUT2D eigenvalue weighted by atomic mass is 35.5. The van der Waals surface area contributed by atoms with Crippen LogP contribution in [0.1, 0.15) is 10.4 Å². The number of H-pyrrole nitrogens is 1. The van der Waals surface area contributed by atoms with E-state index in [1.54, 1.807) is 12.1 Å². The van der Waals surface area contributed by atoms with Crippen molar-refractivity contribution in [1.29, 1.82) is 0 Å². The molecule has 2 rings (SSSR count). The fourth-order valence-electron chi connectivity index (χ4n) is 1.25. The zero-order valence-electron chi connectivity index (χ0n) is 9.36. The number of hydrogen-bond acceptors (Lipinski definition) is 5. The van der Waals surface area contributed by atoms with Gasteiger partial charge in [0.15, 0.2) is 5.78 Å². The maximum atomic E-state index is 11.9. The Labute approximate surface area is 129 Å². The van der Waals surface area contributed by atoms with Crippen LogP contribution >= 0.6 is 35.0 Å². The second-order valence-corrected chi connectivity index (χ2v) is 5.13. The van der Waals surface area contributed by atoms with Gasteiger partial charge < -0.3 is 18.1 Å². The summed E-state index contributed by atoms with van der Waals surface area (Å²) in [5.41, 5.74) is 5.80. The van der Waals surface area contributed by atoms with E-state index in [9.17, 15) is 4.79 Å². The Balaban J connectivity index is 0.00000180. The van der Waals surface area contributed by atoms with E-state index in [0.717, 1.165) is 0 Å². The number of nitrogens with two attached hydrogens (primary N) is 1. The number of aromatic amines is 1. The van der Waals surface area contributed by atoms with E-state index in [0.29, 0.717) is 20.8 Å². The zero-order chi connectivity index (χ0) is 13.1. The predicted octanol–water partition coefficient (Wildman–Crippen LogP) is -0.327. The largest absolute Gasteiger partial charge is 1.00 e. The Bertz CT molecular complexity index is 590. The summed E-state index contributed by atoms with van der Waals surface area (Å²) in [6.07, 6.45) is 0. The van der Waals surface area contributed by atoms with E-state index in [4.69, 9.17) is 28.9 Å². The molecule has 2 aromatic rings. The number of aromatic nitrogens is 3. The number of ketones is 1. The van der Waals surface area contributed by atoms with Crippen molar-refractivity contribution < 1.29 is 17.2 Å². The maximum absolute atomic E-state index is 11.9. The van der Waals surface area contributed by atoms with Crippen LogP contribution in [-0.4, -0.2) is 26.7 Å². The molecule has 0 radical (unpaired) electrons. The number of halogens is 3. The van der Waals surface area contributed by atoms with Crippen molar-refractivity contribution in [2.45, 2.75) is 5.16 Å². The molecule has 102 valence electrons. The van der Waals surface area contributed by atoms with Crippen molar-refractivity contribution in [2.75, 3.05) is 11.5 Å². The number of hydrogen-bond donors (Lipinski definition) is 2. The molecule has 1 aromatic carbocycles. The van der Waals surface area contributed by atoms with Gasteiger partial charge in [-0.15, -0.1) is 5.10 Å². The molecule has 0 spiro atoms. The van der Waals surface area contributed by atoms with Gasteiger partial charge in [-0.25, -0.2) is 5.10 Å². The molecule has 0 saturated heterocycles. The van der Waals surface area contributed by atoms with Gasteiger partial charge in [0.2, 0.25) is 11.1 Å². The molecule has 0 fully saturated rings. The van der Waals surface area contributed by atoms with Crippen molar-refractivity contribution >= 4 is 46.7 Å². The Morgan fingerprint density at radius 3 is 2.74 bits per heavy atom. The summed E-state index contributed by atoms with van der Waals surface area (Å²) in [7, 11) is 0. The van der Waals surface area contributed by atoms with Crippen LogP contribution in [0.15, 0.2) is 23.4 Å². The number of nitrogens with one attached hydrogen (secondary N) is 1. The first-order valence-corrected chi connectivity index (χ1v) is 6.59. The number of nitrogens with zero attached hydrogens (tertiary/aromatic N) is 2. The van der Waals surface area contributed by atoms with Gasteiger partial charge in [0, 0.05) is 10.6 Å². The number of benzene rings is 1. The number of nitrogen functional groups attached to an aromatic ring is 1. The molecule has 0 aliphatic rings. The molecular formula is C10H8Cl3N4OS-. The smallest absolute Gasteiger partial charge is 0.216 e. The Hall–Kier alpha value is -0.950. The third-order valence-electron chi connectivity index (χ3n) is 2.05. The van der Waals surface area contributed by atoms with Crippen LogP contribution in [0.25, 0.3) is 0 Å². The van der Waals surface area contributed by atoms with Crippen molar-refractivity contribution in [3.8, 4) is 0 Å². The first kappa shape index (κ1) is 16.1. The van der Waals surface area contributed by atoms with Crippen LogP contribution in [0.2, 0.25) is 10.0 Å². The maximum Gasteiger partial charge on any atom is 0.216 e. The molecule has 1 heterocycles. The van der Waals surface area contributed by atoms with Crippen LogP contribution in [-0.2, 0) is 0 Å². The van der Waals surface area contributed by atoms with Gasteiger partial charge >= 0.3 is 0 Å². The van der Waals surface area contributed by atoms with Gasteiger partial charge in [-0.3, -0.25) is 4.79 Å². The molecule has 5 nitrogen and oxygen atoms in total. The molecule has 0 bridgehead atoms. The van der Waals surface area contributed by atoms with Gasteiger partial charge in [0.05, 0.1) is 10.8 Å². The summed E-state index contributed by atoms with van der Waals surface area (Å²) in [5, 5.41) is 7.55. The molecule has 19 heavy (non-hydrogen) atoms. The first-order chi connectivity index (χ1) is 8.56. The number of anilines is 1. The lowest BCUT2D eigenvalue weighted by Gasteiger charge is -2.02. The van der Waals surface area contributed by atoms with Crippen LogP contribution in [0.3, 0.4) is 0 Å². The number of thioether (sulfide) groups is 1. The van der Waals surface area contributed by atoms with Gasteiger partial charge in [-0.05, 0) is 18.2 Å². The standard InChI is InChI=1S/C10H8Cl2N4OS.ClH/c11-5-1-2-6(7(12)3-5)8(17)4-18-10-14-9(13)15-16-10;/h1-3H,4H2,(H3,13,14,15,16);1H/p-1. The second kappa shape index (κ2) is 7.00. The molecular weight excluding hydrogens is 331 g/mol. The lowest BCUT2D eigenvalue weighted by molar-refractivity contribution is -0.0000115. The fraction of sp³-hybridized carbons (Fsp3) is 0.100. The lowest BCUT2D eigenvalue weighted by Crippen LogP contribution is -3.00. The molecule has 9 heteroatoms. The molecule has 0 aliphatic heterocycles. The Morgan fingerprint density at radius 1 is 1.42 bits per heavy atom. The average Bonchev–Trinajstić information content (AvgIpc) is 2.72. The monoisotopic (exact) mass is 337 g/mol. The van der Waals surface area contributed by atoms with E-state index < -0.39 is 0 Å². The third-order valence-corrected chi connectivity index (χ3v) is 3.44. The minimum Gasteiger partial charge on any atom is -1.00 e. The fourth-order valence-corrected chi connectivity index (χ4v) is 2.45. The molecule has 0 saturated carbocycles. The summed E-state index contributed by atoms with van der Waals surface area (Å²) in [6.45, 7) is 0. The molecule has 0 aliphatic carbocycles. The van der Waals surface area contributed by atoms with Gasteiger partial charge in [0.1, 0.15) is 0 Å². The van der Waals surface area contributed by atoms with Crippen LogP contribution < -0.4 is 18.1 Å². The second-order valence-electron chi connectivity index (χ2n) is 3.34. The topological polar surface area (TPSA) is 84.7 Å². The molecule has 1 aromatic heterocycles. The Morgan fingerprint density at radius 2 is 2.16 bits per heavy atom.